The van der Waals surface area contributed by atoms with Crippen molar-refractivity contribution in [2.24, 2.45) is 0 Å². The molecule has 1 nitrogen and oxygen atoms in total. The molecule has 0 bridgehead atoms. The second kappa shape index (κ2) is 6.07. The highest BCUT2D eigenvalue weighted by molar-refractivity contribution is 7.12. The van der Waals surface area contributed by atoms with Gasteiger partial charge in [0.25, 0.3) is 0 Å². The van der Waals surface area contributed by atoms with Gasteiger partial charge in [-0.05, 0) is 74.5 Å². The molecule has 3 rings (SSSR count). The van der Waals surface area contributed by atoms with Crippen LogP contribution in [0.3, 0.4) is 0 Å². The largest absolute Gasteiger partial charge is 0.309 e. The van der Waals surface area contributed by atoms with Gasteiger partial charge in [-0.3, -0.25) is 0 Å². The van der Waals surface area contributed by atoms with E-state index in [9.17, 15) is 4.39 Å². The molecule has 0 saturated carbocycles. The van der Waals surface area contributed by atoms with E-state index in [1.54, 1.807) is 6.92 Å². The monoisotopic (exact) mass is 323 g/mol. The summed E-state index contributed by atoms with van der Waals surface area (Å²) in [6.45, 7) is 1.78. The van der Waals surface area contributed by atoms with Gasteiger partial charge >= 0.3 is 0 Å². The van der Waals surface area contributed by atoms with Crippen molar-refractivity contribution in [2.75, 3.05) is 7.05 Å². The third kappa shape index (κ3) is 2.87. The van der Waals surface area contributed by atoms with Crippen molar-refractivity contribution >= 4 is 22.9 Å². The van der Waals surface area contributed by atoms with E-state index in [1.165, 1.54) is 47.1 Å². The number of benzene rings is 1. The number of hydrogen-bond donors (Lipinski definition) is 1. The number of halogens is 2. The fourth-order valence-electron chi connectivity index (χ4n) is 3.01. The molecule has 0 radical (unpaired) electrons. The molecule has 0 spiro atoms. The van der Waals surface area contributed by atoms with Crippen LogP contribution in [0.4, 0.5) is 4.39 Å². The van der Waals surface area contributed by atoms with Crippen LogP contribution >= 0.6 is 22.9 Å². The molecule has 1 aromatic carbocycles. The molecule has 1 aliphatic rings. The molecule has 2 aromatic rings. The van der Waals surface area contributed by atoms with Gasteiger partial charge in [-0.15, -0.1) is 11.3 Å². The predicted molar refractivity (Wildman–Crippen MR) is 88.0 cm³/mol. The fraction of sp³-hybridized carbons (Fsp3) is 0.412. The van der Waals surface area contributed by atoms with Crippen LogP contribution in [-0.2, 0) is 12.8 Å². The second-order valence-corrected chi connectivity index (χ2v) is 7.22. The van der Waals surface area contributed by atoms with Crippen molar-refractivity contribution in [3.8, 4) is 0 Å². The summed E-state index contributed by atoms with van der Waals surface area (Å²) < 4.78 is 13.6. The average Bonchev–Trinajstić information content (AvgIpc) is 2.88. The van der Waals surface area contributed by atoms with Gasteiger partial charge in [0.1, 0.15) is 5.82 Å². The van der Waals surface area contributed by atoms with Crippen LogP contribution in [-0.4, -0.2) is 7.05 Å². The molecular weight excluding hydrogens is 305 g/mol. The molecule has 0 fully saturated rings. The van der Waals surface area contributed by atoms with Gasteiger partial charge in [-0.2, -0.15) is 0 Å². The van der Waals surface area contributed by atoms with E-state index >= 15 is 0 Å². The average molecular weight is 324 g/mol. The predicted octanol–water partition coefficient (Wildman–Crippen LogP) is 5.04. The van der Waals surface area contributed by atoms with E-state index < -0.39 is 0 Å². The first-order chi connectivity index (χ1) is 10.1. The topological polar surface area (TPSA) is 12.0 Å². The Labute approximate surface area is 134 Å². The van der Waals surface area contributed by atoms with Crippen molar-refractivity contribution in [1.29, 1.82) is 0 Å². The standard InChI is InChI=1S/C17H19ClFNS/c1-10-7-12(13(18)9-14(10)19)17(20-2)16-8-11-5-3-4-6-15(11)21-16/h7-9,17,20H,3-6H2,1-2H3. The molecule has 21 heavy (non-hydrogen) atoms. The van der Waals surface area contributed by atoms with Gasteiger partial charge in [0.15, 0.2) is 0 Å². The number of nitrogens with one attached hydrogen (secondary N) is 1. The van der Waals surface area contributed by atoms with Crippen molar-refractivity contribution in [2.45, 2.75) is 38.6 Å². The van der Waals surface area contributed by atoms with Gasteiger partial charge in [0.2, 0.25) is 0 Å². The molecule has 1 heterocycles. The van der Waals surface area contributed by atoms with Gasteiger partial charge in [-0.1, -0.05) is 11.6 Å². The highest BCUT2D eigenvalue weighted by Gasteiger charge is 2.22. The number of rotatable bonds is 3. The van der Waals surface area contributed by atoms with Crippen LogP contribution in [0.15, 0.2) is 18.2 Å². The summed E-state index contributed by atoms with van der Waals surface area (Å²) in [5.74, 6) is -0.246. The van der Waals surface area contributed by atoms with E-state index in [0.29, 0.717) is 10.6 Å². The van der Waals surface area contributed by atoms with Crippen LogP contribution in [0, 0.1) is 12.7 Å². The summed E-state index contributed by atoms with van der Waals surface area (Å²) in [6, 6.07) is 5.61. The lowest BCUT2D eigenvalue weighted by Gasteiger charge is -2.17. The van der Waals surface area contributed by atoms with Crippen molar-refractivity contribution in [3.05, 3.63) is 55.5 Å². The smallest absolute Gasteiger partial charge is 0.127 e. The lowest BCUT2D eigenvalue weighted by Crippen LogP contribution is -2.17. The number of thiophene rings is 1. The third-order valence-electron chi connectivity index (χ3n) is 4.18. The van der Waals surface area contributed by atoms with Gasteiger partial charge in [0, 0.05) is 14.8 Å². The molecule has 112 valence electrons. The van der Waals surface area contributed by atoms with Crippen LogP contribution in [0.5, 0.6) is 0 Å². The third-order valence-corrected chi connectivity index (χ3v) is 5.81. The Balaban J connectivity index is 2.02. The summed E-state index contributed by atoms with van der Waals surface area (Å²) in [7, 11) is 1.93. The Kier molecular flexibility index (Phi) is 4.34. The highest BCUT2D eigenvalue weighted by Crippen LogP contribution is 2.37. The van der Waals surface area contributed by atoms with E-state index in [1.807, 2.05) is 24.5 Å². The Morgan fingerprint density at radius 2 is 2.00 bits per heavy atom. The minimum absolute atomic E-state index is 0.0346. The lowest BCUT2D eigenvalue weighted by atomic mass is 9.97. The number of fused-ring (bicyclic) bond motifs is 1. The summed E-state index contributed by atoms with van der Waals surface area (Å²) in [5, 5.41) is 3.82. The summed E-state index contributed by atoms with van der Waals surface area (Å²) in [5.41, 5.74) is 3.07. The maximum absolute atomic E-state index is 13.6. The highest BCUT2D eigenvalue weighted by atomic mass is 35.5. The SMILES string of the molecule is CNC(c1cc2c(s1)CCCC2)c1cc(C)c(F)cc1Cl. The normalized spacial score (nSPS) is 15.8. The summed E-state index contributed by atoms with van der Waals surface area (Å²) >= 11 is 8.14. The molecule has 1 atom stereocenters. The molecule has 1 N–H and O–H groups in total. The van der Waals surface area contributed by atoms with E-state index in [0.717, 1.165) is 5.56 Å². The first-order valence-corrected chi connectivity index (χ1v) is 8.54. The quantitative estimate of drug-likeness (QED) is 0.834. The molecular formula is C17H19ClFNS. The second-order valence-electron chi connectivity index (χ2n) is 5.65. The first kappa shape index (κ1) is 15.0. The van der Waals surface area contributed by atoms with Gasteiger partial charge in [0.05, 0.1) is 6.04 Å². The van der Waals surface area contributed by atoms with E-state index in [2.05, 4.69) is 11.4 Å². The Bertz CT molecular complexity index is 642. The molecule has 1 unspecified atom stereocenters. The van der Waals surface area contributed by atoms with Crippen LogP contribution in [0.2, 0.25) is 5.02 Å². The molecule has 1 aromatic heterocycles. The van der Waals surface area contributed by atoms with Crippen LogP contribution in [0.25, 0.3) is 0 Å². The Morgan fingerprint density at radius 3 is 2.71 bits per heavy atom. The minimum atomic E-state index is -0.246. The first-order valence-electron chi connectivity index (χ1n) is 7.34. The number of aryl methyl sites for hydroxylation is 3. The van der Waals surface area contributed by atoms with Gasteiger partial charge in [-0.25, -0.2) is 4.39 Å². The zero-order valence-electron chi connectivity index (χ0n) is 12.3. The number of hydrogen-bond acceptors (Lipinski definition) is 2. The van der Waals surface area contributed by atoms with E-state index in [-0.39, 0.29) is 11.9 Å². The maximum atomic E-state index is 13.6. The lowest BCUT2D eigenvalue weighted by molar-refractivity contribution is 0.614. The van der Waals surface area contributed by atoms with Crippen molar-refractivity contribution < 1.29 is 4.39 Å². The summed E-state index contributed by atoms with van der Waals surface area (Å²) in [6.07, 6.45) is 4.93. The van der Waals surface area contributed by atoms with Crippen molar-refractivity contribution in [3.63, 3.8) is 0 Å². The summed E-state index contributed by atoms with van der Waals surface area (Å²) in [4.78, 5) is 2.78. The molecule has 1 aliphatic carbocycles. The zero-order chi connectivity index (χ0) is 15.0. The fourth-order valence-corrected chi connectivity index (χ4v) is 4.65. The van der Waals surface area contributed by atoms with Crippen LogP contribution < -0.4 is 5.32 Å². The molecule has 0 saturated heterocycles. The Hall–Kier alpha value is -0.900. The Morgan fingerprint density at radius 1 is 1.24 bits per heavy atom. The van der Waals surface area contributed by atoms with E-state index in [4.69, 9.17) is 11.6 Å². The van der Waals surface area contributed by atoms with Crippen LogP contribution in [0.1, 0.15) is 45.3 Å². The van der Waals surface area contributed by atoms with Crippen molar-refractivity contribution in [1.82, 2.24) is 5.32 Å². The zero-order valence-corrected chi connectivity index (χ0v) is 13.9. The van der Waals surface area contributed by atoms with Gasteiger partial charge < -0.3 is 5.32 Å². The molecule has 0 amide bonds. The molecule has 4 heteroatoms. The molecule has 0 aliphatic heterocycles. The maximum Gasteiger partial charge on any atom is 0.127 e. The minimum Gasteiger partial charge on any atom is -0.309 e.